The molecule has 0 bridgehead atoms. The Hall–Kier alpha value is -2.97. The lowest BCUT2D eigenvalue weighted by molar-refractivity contribution is 0.0932. The van der Waals surface area contributed by atoms with Gasteiger partial charge in [0.15, 0.2) is 0 Å². The number of carbonyl (C=O) groups excluding carboxylic acids is 1. The zero-order chi connectivity index (χ0) is 23.8. The van der Waals surface area contributed by atoms with Crippen LogP contribution in [0.15, 0.2) is 42.5 Å². The van der Waals surface area contributed by atoms with Gasteiger partial charge in [-0.1, -0.05) is 41.9 Å². The number of nitrogens with one attached hydrogen (secondary N) is 2. The maximum atomic E-state index is 12.6. The minimum Gasteiger partial charge on any atom is -0.496 e. The van der Waals surface area contributed by atoms with Gasteiger partial charge in [0, 0.05) is 19.2 Å². The van der Waals surface area contributed by atoms with Crippen LogP contribution in [-0.2, 0) is 0 Å². The SMILES string of the molecule is COc1cc(N)c(Cl)cc1C(=O)NCC1CCN(CCC(NC(=O)O)c2ccccc2)CC1. The Morgan fingerprint density at radius 3 is 2.58 bits per heavy atom. The molecule has 2 aromatic rings. The summed E-state index contributed by atoms with van der Waals surface area (Å²) in [7, 11) is 1.49. The molecule has 178 valence electrons. The van der Waals surface area contributed by atoms with Gasteiger partial charge in [0.05, 0.1) is 29.4 Å². The molecule has 33 heavy (non-hydrogen) atoms. The molecule has 1 unspecified atom stereocenters. The van der Waals surface area contributed by atoms with E-state index in [4.69, 9.17) is 22.1 Å². The monoisotopic (exact) mass is 474 g/mol. The van der Waals surface area contributed by atoms with Crippen molar-refractivity contribution in [2.45, 2.75) is 25.3 Å². The van der Waals surface area contributed by atoms with Crippen molar-refractivity contribution >= 4 is 29.3 Å². The number of likely N-dealkylation sites (tertiary alicyclic amines) is 1. The number of ether oxygens (including phenoxy) is 1. The largest absolute Gasteiger partial charge is 0.496 e. The first kappa shape index (κ1) is 24.7. The van der Waals surface area contributed by atoms with Crippen LogP contribution in [0.25, 0.3) is 0 Å². The number of anilines is 1. The van der Waals surface area contributed by atoms with E-state index in [0.29, 0.717) is 40.9 Å². The Morgan fingerprint density at radius 1 is 1.24 bits per heavy atom. The van der Waals surface area contributed by atoms with Gasteiger partial charge in [0.1, 0.15) is 5.75 Å². The maximum absolute atomic E-state index is 12.6. The third-order valence-corrected chi connectivity index (χ3v) is 6.38. The molecule has 3 rings (SSSR count). The summed E-state index contributed by atoms with van der Waals surface area (Å²) in [5, 5.41) is 15.1. The third kappa shape index (κ3) is 7.00. The fraction of sp³-hybridized carbons (Fsp3) is 0.417. The van der Waals surface area contributed by atoms with Gasteiger partial charge < -0.3 is 31.1 Å². The Kier molecular flexibility index (Phi) is 8.79. The lowest BCUT2D eigenvalue weighted by Crippen LogP contribution is -2.40. The van der Waals surface area contributed by atoms with E-state index in [1.807, 2.05) is 30.3 Å². The summed E-state index contributed by atoms with van der Waals surface area (Å²) >= 11 is 6.07. The molecule has 1 atom stereocenters. The molecule has 0 spiro atoms. The summed E-state index contributed by atoms with van der Waals surface area (Å²) in [6.07, 6.45) is 1.61. The number of hydrogen-bond donors (Lipinski definition) is 4. The summed E-state index contributed by atoms with van der Waals surface area (Å²) in [4.78, 5) is 26.2. The van der Waals surface area contributed by atoms with Crippen molar-refractivity contribution < 1.29 is 19.4 Å². The molecule has 2 aromatic carbocycles. The molecule has 1 saturated heterocycles. The highest BCUT2D eigenvalue weighted by Crippen LogP contribution is 2.29. The van der Waals surface area contributed by atoms with Crippen LogP contribution in [0.2, 0.25) is 5.02 Å². The standard InChI is InChI=1S/C24H31ClN4O4/c1-33-22-14-20(26)19(25)13-18(22)23(30)27-15-16-7-10-29(11-8-16)12-9-21(28-24(31)32)17-5-3-2-4-6-17/h2-6,13-14,16,21,28H,7-12,15,26H2,1H3,(H,27,30)(H,31,32). The quantitative estimate of drug-likeness (QED) is 0.411. The first-order valence-electron chi connectivity index (χ1n) is 11.0. The molecule has 0 radical (unpaired) electrons. The molecule has 5 N–H and O–H groups in total. The lowest BCUT2D eigenvalue weighted by Gasteiger charge is -2.33. The number of benzene rings is 2. The summed E-state index contributed by atoms with van der Waals surface area (Å²) in [5.41, 5.74) is 7.49. The van der Waals surface area contributed by atoms with Crippen LogP contribution < -0.4 is 21.1 Å². The lowest BCUT2D eigenvalue weighted by atomic mass is 9.96. The number of nitrogen functional groups attached to an aromatic ring is 1. The topological polar surface area (TPSA) is 117 Å². The van der Waals surface area contributed by atoms with Crippen LogP contribution in [-0.4, -0.2) is 55.3 Å². The number of nitrogens with zero attached hydrogens (tertiary/aromatic N) is 1. The number of hydrogen-bond acceptors (Lipinski definition) is 5. The van der Waals surface area contributed by atoms with E-state index in [9.17, 15) is 14.7 Å². The van der Waals surface area contributed by atoms with Crippen molar-refractivity contribution in [3.63, 3.8) is 0 Å². The molecular weight excluding hydrogens is 444 g/mol. The smallest absolute Gasteiger partial charge is 0.405 e. The summed E-state index contributed by atoms with van der Waals surface area (Å²) in [6.45, 7) is 3.20. The van der Waals surface area contributed by atoms with E-state index >= 15 is 0 Å². The van der Waals surface area contributed by atoms with E-state index in [1.54, 1.807) is 6.07 Å². The zero-order valence-electron chi connectivity index (χ0n) is 18.7. The van der Waals surface area contributed by atoms with Gasteiger partial charge in [-0.25, -0.2) is 4.79 Å². The fourth-order valence-electron chi connectivity index (χ4n) is 4.13. The second-order valence-electron chi connectivity index (χ2n) is 8.27. The first-order chi connectivity index (χ1) is 15.9. The minimum absolute atomic E-state index is 0.234. The molecule has 2 amide bonds. The van der Waals surface area contributed by atoms with Crippen molar-refractivity contribution in [3.8, 4) is 5.75 Å². The van der Waals surface area contributed by atoms with Crippen molar-refractivity contribution in [2.75, 3.05) is 39.0 Å². The predicted octanol–water partition coefficient (Wildman–Crippen LogP) is 3.77. The Morgan fingerprint density at radius 2 is 1.94 bits per heavy atom. The molecule has 0 aromatic heterocycles. The second-order valence-corrected chi connectivity index (χ2v) is 8.68. The summed E-state index contributed by atoms with van der Waals surface area (Å²) < 4.78 is 5.26. The van der Waals surface area contributed by atoms with Crippen molar-refractivity contribution in [1.82, 2.24) is 15.5 Å². The molecule has 0 saturated carbocycles. The van der Waals surface area contributed by atoms with Crippen LogP contribution in [0.1, 0.15) is 41.2 Å². The maximum Gasteiger partial charge on any atom is 0.405 e. The number of rotatable bonds is 9. The highest BCUT2D eigenvalue weighted by molar-refractivity contribution is 6.33. The first-order valence-corrected chi connectivity index (χ1v) is 11.4. The van der Waals surface area contributed by atoms with E-state index in [1.165, 1.54) is 13.2 Å². The van der Waals surface area contributed by atoms with Gasteiger partial charge in [-0.2, -0.15) is 0 Å². The van der Waals surface area contributed by atoms with Gasteiger partial charge in [-0.05, 0) is 49.9 Å². The number of carboxylic acid groups (broad SMARTS) is 1. The number of carbonyl (C=O) groups is 2. The van der Waals surface area contributed by atoms with Crippen LogP contribution in [0.5, 0.6) is 5.75 Å². The van der Waals surface area contributed by atoms with Crippen LogP contribution in [0, 0.1) is 5.92 Å². The highest BCUT2D eigenvalue weighted by atomic mass is 35.5. The van der Waals surface area contributed by atoms with Gasteiger partial charge in [0.2, 0.25) is 0 Å². The number of nitrogens with two attached hydrogens (primary N) is 1. The highest BCUT2D eigenvalue weighted by Gasteiger charge is 2.23. The third-order valence-electron chi connectivity index (χ3n) is 6.06. The summed E-state index contributed by atoms with van der Waals surface area (Å²) in [6, 6.07) is 12.5. The Balaban J connectivity index is 1.46. The molecule has 0 aliphatic carbocycles. The van der Waals surface area contributed by atoms with Crippen LogP contribution in [0.3, 0.4) is 0 Å². The Bertz CT molecular complexity index is 949. The van der Waals surface area contributed by atoms with E-state index in [2.05, 4.69) is 15.5 Å². The molecule has 1 aliphatic rings. The molecule has 1 aliphatic heterocycles. The molecule has 1 fully saturated rings. The number of halogens is 1. The van der Waals surface area contributed by atoms with Gasteiger partial charge >= 0.3 is 6.09 Å². The fourth-order valence-corrected chi connectivity index (χ4v) is 4.29. The molecule has 9 heteroatoms. The molecular formula is C24H31ClN4O4. The molecule has 1 heterocycles. The zero-order valence-corrected chi connectivity index (χ0v) is 19.5. The second kappa shape index (κ2) is 11.8. The van der Waals surface area contributed by atoms with Crippen molar-refractivity contribution in [2.24, 2.45) is 5.92 Å². The average molecular weight is 475 g/mol. The van der Waals surface area contributed by atoms with E-state index in [-0.39, 0.29) is 11.9 Å². The normalized spacial score (nSPS) is 15.6. The van der Waals surface area contributed by atoms with E-state index in [0.717, 1.165) is 38.0 Å². The number of piperidine rings is 1. The predicted molar refractivity (Wildman–Crippen MR) is 129 cm³/mol. The summed E-state index contributed by atoms with van der Waals surface area (Å²) in [5.74, 6) is 0.538. The Labute approximate surface area is 199 Å². The van der Waals surface area contributed by atoms with Crippen molar-refractivity contribution in [3.05, 3.63) is 58.6 Å². The van der Waals surface area contributed by atoms with Gasteiger partial charge in [-0.3, -0.25) is 4.79 Å². The van der Waals surface area contributed by atoms with Crippen molar-refractivity contribution in [1.29, 1.82) is 0 Å². The van der Waals surface area contributed by atoms with Gasteiger partial charge in [-0.15, -0.1) is 0 Å². The van der Waals surface area contributed by atoms with Gasteiger partial charge in [0.25, 0.3) is 5.91 Å². The molecule has 8 nitrogen and oxygen atoms in total. The average Bonchev–Trinajstić information content (AvgIpc) is 2.82. The number of amides is 2. The van der Waals surface area contributed by atoms with Crippen LogP contribution in [0.4, 0.5) is 10.5 Å². The van der Waals surface area contributed by atoms with E-state index < -0.39 is 6.09 Å². The van der Waals surface area contributed by atoms with Crippen LogP contribution >= 0.6 is 11.6 Å². The number of methoxy groups -OCH3 is 1. The minimum atomic E-state index is -1.02.